The van der Waals surface area contributed by atoms with E-state index in [0.717, 1.165) is 5.56 Å². The molecule has 2 aromatic rings. The van der Waals surface area contributed by atoms with Crippen LogP contribution in [0, 0.1) is 0 Å². The molecule has 124 valence electrons. The van der Waals surface area contributed by atoms with Crippen LogP contribution in [0.3, 0.4) is 0 Å². The molecule has 0 heterocycles. The Morgan fingerprint density at radius 1 is 1.04 bits per heavy atom. The van der Waals surface area contributed by atoms with Crippen molar-refractivity contribution in [3.05, 3.63) is 64.7 Å². The van der Waals surface area contributed by atoms with Crippen LogP contribution in [-0.2, 0) is 11.3 Å². The first-order valence-electron chi connectivity index (χ1n) is 7.08. The van der Waals surface area contributed by atoms with E-state index in [4.69, 9.17) is 11.5 Å². The third-order valence-corrected chi connectivity index (χ3v) is 3.40. The van der Waals surface area contributed by atoms with Crippen LogP contribution in [0.25, 0.3) is 0 Å². The van der Waals surface area contributed by atoms with Crippen molar-refractivity contribution >= 4 is 23.5 Å². The van der Waals surface area contributed by atoms with Crippen LogP contribution in [0.5, 0.6) is 0 Å². The van der Waals surface area contributed by atoms with Gasteiger partial charge in [0.15, 0.2) is 0 Å². The van der Waals surface area contributed by atoms with Gasteiger partial charge >= 0.3 is 5.97 Å². The topological polar surface area (TPSA) is 125 Å². The maximum Gasteiger partial charge on any atom is 0.337 e. The maximum atomic E-state index is 12.3. The summed E-state index contributed by atoms with van der Waals surface area (Å²) in [7, 11) is 1.28. The Morgan fingerprint density at radius 2 is 1.67 bits per heavy atom. The van der Waals surface area contributed by atoms with Crippen molar-refractivity contribution in [3.8, 4) is 0 Å². The molecule has 0 fully saturated rings. The number of nitrogens with two attached hydrogens (primary N) is 2. The minimum absolute atomic E-state index is 0.178. The summed E-state index contributed by atoms with van der Waals surface area (Å²) >= 11 is 0. The molecule has 0 saturated carbocycles. The molecule has 0 bridgehead atoms. The molecule has 0 atom stereocenters. The predicted octanol–water partition coefficient (Wildman–Crippen LogP) is 1.28. The van der Waals surface area contributed by atoms with E-state index in [1.165, 1.54) is 37.4 Å². The standard InChI is InChI=1S/C17H17N3O4/c1-24-17(23)12-5-3-11(4-6-12)16(22)20-14-7-2-10(9-18)8-13(14)15(19)21/h2-8H,9,18H2,1H3,(H2,19,21)(H,20,22). The minimum Gasteiger partial charge on any atom is -0.465 e. The lowest BCUT2D eigenvalue weighted by Crippen LogP contribution is -2.19. The highest BCUT2D eigenvalue weighted by Crippen LogP contribution is 2.18. The van der Waals surface area contributed by atoms with Crippen molar-refractivity contribution < 1.29 is 19.1 Å². The van der Waals surface area contributed by atoms with Crippen molar-refractivity contribution in [2.24, 2.45) is 11.5 Å². The summed E-state index contributed by atoms with van der Waals surface area (Å²) in [6.07, 6.45) is 0. The summed E-state index contributed by atoms with van der Waals surface area (Å²) in [6.45, 7) is 0.253. The van der Waals surface area contributed by atoms with E-state index in [1.807, 2.05) is 0 Å². The second-order valence-electron chi connectivity index (χ2n) is 4.97. The van der Waals surface area contributed by atoms with Crippen molar-refractivity contribution in [2.75, 3.05) is 12.4 Å². The maximum absolute atomic E-state index is 12.3. The van der Waals surface area contributed by atoms with Crippen LogP contribution in [0.4, 0.5) is 5.69 Å². The fourth-order valence-corrected chi connectivity index (χ4v) is 2.10. The summed E-state index contributed by atoms with van der Waals surface area (Å²) in [5.41, 5.74) is 12.7. The van der Waals surface area contributed by atoms with Gasteiger partial charge < -0.3 is 21.5 Å². The number of hydrogen-bond donors (Lipinski definition) is 3. The van der Waals surface area contributed by atoms with Gasteiger partial charge in [-0.15, -0.1) is 0 Å². The molecule has 5 N–H and O–H groups in total. The first-order valence-corrected chi connectivity index (χ1v) is 7.08. The number of ether oxygens (including phenoxy) is 1. The monoisotopic (exact) mass is 327 g/mol. The van der Waals surface area contributed by atoms with E-state index < -0.39 is 17.8 Å². The number of primary amides is 1. The predicted molar refractivity (Wildman–Crippen MR) is 88.6 cm³/mol. The Morgan fingerprint density at radius 3 is 2.21 bits per heavy atom. The Bertz CT molecular complexity index is 785. The van der Waals surface area contributed by atoms with Gasteiger partial charge in [0.25, 0.3) is 11.8 Å². The number of esters is 1. The Kier molecular flexibility index (Phi) is 5.28. The Balaban J connectivity index is 2.23. The molecule has 0 aliphatic carbocycles. The first-order chi connectivity index (χ1) is 11.5. The second-order valence-corrected chi connectivity index (χ2v) is 4.97. The molecule has 0 aliphatic heterocycles. The fourth-order valence-electron chi connectivity index (χ4n) is 2.10. The van der Waals surface area contributed by atoms with Gasteiger partial charge in [0.1, 0.15) is 0 Å². The van der Waals surface area contributed by atoms with Crippen LogP contribution in [0.15, 0.2) is 42.5 Å². The Hall–Kier alpha value is -3.19. The average Bonchev–Trinajstić information content (AvgIpc) is 2.61. The van der Waals surface area contributed by atoms with Crippen molar-refractivity contribution in [3.63, 3.8) is 0 Å². The number of benzene rings is 2. The number of methoxy groups -OCH3 is 1. The normalized spacial score (nSPS) is 10.1. The van der Waals surface area contributed by atoms with E-state index in [0.29, 0.717) is 16.8 Å². The third-order valence-electron chi connectivity index (χ3n) is 3.40. The van der Waals surface area contributed by atoms with Gasteiger partial charge in [-0.3, -0.25) is 9.59 Å². The number of rotatable bonds is 5. The van der Waals surface area contributed by atoms with Gasteiger partial charge in [0.05, 0.1) is 23.9 Å². The molecule has 0 unspecified atom stereocenters. The summed E-state index contributed by atoms with van der Waals surface area (Å²) in [4.78, 5) is 35.2. The van der Waals surface area contributed by atoms with Crippen molar-refractivity contribution in [1.82, 2.24) is 0 Å². The molecule has 2 aromatic carbocycles. The second kappa shape index (κ2) is 7.38. The lowest BCUT2D eigenvalue weighted by molar-refractivity contribution is 0.0600. The highest BCUT2D eigenvalue weighted by molar-refractivity contribution is 6.09. The van der Waals surface area contributed by atoms with Gasteiger partial charge in [0.2, 0.25) is 0 Å². The lowest BCUT2D eigenvalue weighted by atomic mass is 10.1. The van der Waals surface area contributed by atoms with E-state index in [-0.39, 0.29) is 12.1 Å². The van der Waals surface area contributed by atoms with E-state index in [9.17, 15) is 14.4 Å². The van der Waals surface area contributed by atoms with Crippen LogP contribution in [0.1, 0.15) is 36.6 Å². The van der Waals surface area contributed by atoms with Crippen LogP contribution in [0.2, 0.25) is 0 Å². The molecule has 24 heavy (non-hydrogen) atoms. The highest BCUT2D eigenvalue weighted by atomic mass is 16.5. The van der Waals surface area contributed by atoms with E-state index in [1.54, 1.807) is 12.1 Å². The summed E-state index contributed by atoms with van der Waals surface area (Å²) < 4.78 is 4.60. The van der Waals surface area contributed by atoms with Gasteiger partial charge in [-0.1, -0.05) is 6.07 Å². The molecule has 0 radical (unpaired) electrons. The molecule has 2 rings (SSSR count). The zero-order valence-corrected chi connectivity index (χ0v) is 13.0. The fraction of sp³-hybridized carbons (Fsp3) is 0.118. The molecule has 7 nitrogen and oxygen atoms in total. The zero-order chi connectivity index (χ0) is 17.7. The van der Waals surface area contributed by atoms with Crippen molar-refractivity contribution in [1.29, 1.82) is 0 Å². The molecule has 0 saturated heterocycles. The number of carbonyl (C=O) groups excluding carboxylic acids is 3. The summed E-state index contributed by atoms with van der Waals surface area (Å²) in [5, 5.41) is 2.63. The quantitative estimate of drug-likeness (QED) is 0.714. The van der Waals surface area contributed by atoms with Crippen molar-refractivity contribution in [2.45, 2.75) is 6.54 Å². The van der Waals surface area contributed by atoms with E-state index >= 15 is 0 Å². The third kappa shape index (κ3) is 3.76. The zero-order valence-electron chi connectivity index (χ0n) is 13.0. The van der Waals surface area contributed by atoms with Gasteiger partial charge in [-0.25, -0.2) is 4.79 Å². The lowest BCUT2D eigenvalue weighted by Gasteiger charge is -2.11. The number of carbonyl (C=O) groups is 3. The van der Waals surface area contributed by atoms with Crippen LogP contribution >= 0.6 is 0 Å². The number of amides is 2. The highest BCUT2D eigenvalue weighted by Gasteiger charge is 2.14. The largest absolute Gasteiger partial charge is 0.465 e. The van der Waals surface area contributed by atoms with Gasteiger partial charge in [-0.05, 0) is 42.0 Å². The summed E-state index contributed by atoms with van der Waals surface area (Å²) in [5.74, 6) is -1.59. The number of anilines is 1. The molecular weight excluding hydrogens is 310 g/mol. The first kappa shape index (κ1) is 17.2. The Labute approximate surface area is 138 Å². The van der Waals surface area contributed by atoms with Crippen LogP contribution < -0.4 is 16.8 Å². The van der Waals surface area contributed by atoms with Crippen LogP contribution in [-0.4, -0.2) is 24.9 Å². The molecule has 7 heteroatoms. The number of nitrogens with one attached hydrogen (secondary N) is 1. The number of hydrogen-bond acceptors (Lipinski definition) is 5. The smallest absolute Gasteiger partial charge is 0.337 e. The molecule has 0 aromatic heterocycles. The van der Waals surface area contributed by atoms with Gasteiger partial charge in [0, 0.05) is 12.1 Å². The molecule has 0 spiro atoms. The SMILES string of the molecule is COC(=O)c1ccc(C(=O)Nc2ccc(CN)cc2C(N)=O)cc1. The van der Waals surface area contributed by atoms with Gasteiger partial charge in [-0.2, -0.15) is 0 Å². The average molecular weight is 327 g/mol. The minimum atomic E-state index is -0.665. The summed E-state index contributed by atoms with van der Waals surface area (Å²) in [6, 6.07) is 10.7. The van der Waals surface area contributed by atoms with E-state index in [2.05, 4.69) is 10.1 Å². The molecule has 2 amide bonds. The molecule has 0 aliphatic rings. The molecular formula is C17H17N3O4.